The first kappa shape index (κ1) is 25.4. The molecule has 2 fully saturated rings. The van der Waals surface area contributed by atoms with Crippen molar-refractivity contribution in [3.63, 3.8) is 0 Å². The zero-order valence-corrected chi connectivity index (χ0v) is 23.3. The van der Waals surface area contributed by atoms with Crippen LogP contribution in [0, 0.1) is 0 Å². The van der Waals surface area contributed by atoms with E-state index in [1.165, 1.54) is 30.7 Å². The van der Waals surface area contributed by atoms with Crippen molar-refractivity contribution in [1.29, 1.82) is 0 Å². The second kappa shape index (κ2) is 9.77. The molecule has 0 amide bonds. The molecule has 0 radical (unpaired) electrons. The molecule has 0 spiro atoms. The second-order valence-corrected chi connectivity index (χ2v) is 13.5. The summed E-state index contributed by atoms with van der Waals surface area (Å²) >= 11 is 7.49. The Morgan fingerprint density at radius 1 is 1.00 bits per heavy atom. The fraction of sp³-hybridized carbons (Fsp3) is 0.643. The zero-order chi connectivity index (χ0) is 24.7. The number of likely N-dealkylation sites (tertiary alicyclic amines) is 1. The van der Waals surface area contributed by atoms with E-state index < -0.39 is 0 Å². The summed E-state index contributed by atoms with van der Waals surface area (Å²) in [4.78, 5) is 7.45. The van der Waals surface area contributed by atoms with Gasteiger partial charge in [0.05, 0.1) is 10.7 Å². The van der Waals surface area contributed by atoms with Gasteiger partial charge in [-0.25, -0.2) is 4.98 Å². The van der Waals surface area contributed by atoms with E-state index in [0.29, 0.717) is 17.7 Å². The Kier molecular flexibility index (Phi) is 7.31. The van der Waals surface area contributed by atoms with Crippen LogP contribution in [0.15, 0.2) is 17.5 Å². The normalized spacial score (nSPS) is 18.5. The number of phenolic OH excluding ortho intramolecular Hbond substituents is 1. The van der Waals surface area contributed by atoms with Crippen LogP contribution in [0.4, 0.5) is 0 Å². The van der Waals surface area contributed by atoms with Crippen molar-refractivity contribution in [2.45, 2.75) is 103 Å². The van der Waals surface area contributed by atoms with Gasteiger partial charge < -0.3 is 15.3 Å². The van der Waals surface area contributed by atoms with Gasteiger partial charge in [0.2, 0.25) is 0 Å². The first-order valence-electron chi connectivity index (χ1n) is 12.8. The number of benzene rings is 1. The molecule has 4 nitrogen and oxygen atoms in total. The largest absolute Gasteiger partial charge is 0.507 e. The van der Waals surface area contributed by atoms with E-state index in [-0.39, 0.29) is 10.8 Å². The molecule has 34 heavy (non-hydrogen) atoms. The number of hydrogen-bond donors (Lipinski definition) is 2. The molecule has 0 unspecified atom stereocenters. The highest BCUT2D eigenvalue weighted by Gasteiger charge is 2.29. The number of thiocarbonyl (C=S) groups is 1. The third kappa shape index (κ3) is 5.59. The smallest absolute Gasteiger partial charge is 0.169 e. The predicted octanol–water partition coefficient (Wildman–Crippen LogP) is 7.11. The van der Waals surface area contributed by atoms with Gasteiger partial charge in [-0.2, -0.15) is 0 Å². The number of hydrogen-bond acceptors (Lipinski definition) is 4. The Morgan fingerprint density at radius 2 is 1.56 bits per heavy atom. The fourth-order valence-corrected chi connectivity index (χ4v) is 6.55. The van der Waals surface area contributed by atoms with Crippen LogP contribution in [0.2, 0.25) is 0 Å². The van der Waals surface area contributed by atoms with Gasteiger partial charge >= 0.3 is 0 Å². The van der Waals surface area contributed by atoms with Gasteiger partial charge in [0.25, 0.3) is 0 Å². The molecule has 2 aromatic rings. The highest BCUT2D eigenvalue weighted by Crippen LogP contribution is 2.42. The van der Waals surface area contributed by atoms with Crippen molar-refractivity contribution >= 4 is 28.7 Å². The lowest BCUT2D eigenvalue weighted by atomic mass is 9.78. The second-order valence-electron chi connectivity index (χ2n) is 12.2. The minimum absolute atomic E-state index is 0.142. The number of aromatic nitrogens is 1. The Hall–Kier alpha value is -1.66. The van der Waals surface area contributed by atoms with E-state index in [4.69, 9.17) is 17.2 Å². The van der Waals surface area contributed by atoms with Crippen LogP contribution in [-0.4, -0.2) is 39.2 Å². The molecular formula is C28H41N3OS2. The van der Waals surface area contributed by atoms with Crippen LogP contribution in [0.25, 0.3) is 11.3 Å². The lowest BCUT2D eigenvalue weighted by Gasteiger charge is -2.34. The molecule has 186 valence electrons. The van der Waals surface area contributed by atoms with Gasteiger partial charge in [0.1, 0.15) is 5.75 Å². The minimum atomic E-state index is -0.142. The van der Waals surface area contributed by atoms with Gasteiger partial charge in [-0.3, -0.25) is 0 Å². The molecule has 4 rings (SSSR count). The van der Waals surface area contributed by atoms with E-state index in [9.17, 15) is 5.11 Å². The predicted molar refractivity (Wildman–Crippen MR) is 148 cm³/mol. The van der Waals surface area contributed by atoms with Crippen molar-refractivity contribution in [3.8, 4) is 17.0 Å². The summed E-state index contributed by atoms with van der Waals surface area (Å²) in [7, 11) is 0. The molecule has 2 N–H and O–H groups in total. The summed E-state index contributed by atoms with van der Waals surface area (Å²) in [5, 5.41) is 19.0. The summed E-state index contributed by atoms with van der Waals surface area (Å²) in [5.41, 5.74) is 3.82. The maximum atomic E-state index is 11.1. The average molecular weight is 500 g/mol. The monoisotopic (exact) mass is 499 g/mol. The number of rotatable bonds is 3. The molecule has 0 atom stereocenters. The summed E-state index contributed by atoms with van der Waals surface area (Å²) in [6.07, 6.45) is 7.34. The van der Waals surface area contributed by atoms with Crippen molar-refractivity contribution in [3.05, 3.63) is 33.6 Å². The zero-order valence-electron chi connectivity index (χ0n) is 21.7. The van der Waals surface area contributed by atoms with E-state index in [1.807, 2.05) is 0 Å². The highest BCUT2D eigenvalue weighted by atomic mass is 32.1. The van der Waals surface area contributed by atoms with Gasteiger partial charge in [-0.1, -0.05) is 54.4 Å². The van der Waals surface area contributed by atoms with Crippen molar-refractivity contribution < 1.29 is 5.11 Å². The topological polar surface area (TPSA) is 48.4 Å². The van der Waals surface area contributed by atoms with E-state index in [2.05, 4.69) is 69.3 Å². The van der Waals surface area contributed by atoms with Gasteiger partial charge in [-0.05, 0) is 60.9 Å². The van der Waals surface area contributed by atoms with Crippen molar-refractivity contribution in [1.82, 2.24) is 15.2 Å². The minimum Gasteiger partial charge on any atom is -0.507 e. The maximum absolute atomic E-state index is 11.1. The van der Waals surface area contributed by atoms with Gasteiger partial charge in [0.15, 0.2) is 5.11 Å². The van der Waals surface area contributed by atoms with Crippen molar-refractivity contribution in [2.24, 2.45) is 0 Å². The number of phenols is 1. The quantitative estimate of drug-likeness (QED) is 0.441. The van der Waals surface area contributed by atoms with Crippen LogP contribution < -0.4 is 5.32 Å². The van der Waals surface area contributed by atoms with E-state index in [0.717, 1.165) is 53.4 Å². The summed E-state index contributed by atoms with van der Waals surface area (Å²) in [6, 6.07) is 4.85. The van der Waals surface area contributed by atoms with Crippen LogP contribution in [0.3, 0.4) is 0 Å². The SMILES string of the molecule is CC(C)(C)c1cc(-c2csc(C3CCN(C(=S)NC4CCCC4)CC3)n2)cc(C(C)(C)C)c1O. The standard InChI is InChI=1S/C28H41N3OS2/c1-27(2,3)21-15-19(16-22(24(21)32)28(4,5)6)23-17-34-25(30-23)18-11-13-31(14-12-18)26(33)29-20-9-7-8-10-20/h15-18,20,32H,7-14H2,1-6H3,(H,29,33). The summed E-state index contributed by atoms with van der Waals surface area (Å²) in [5.74, 6) is 0.916. The van der Waals surface area contributed by atoms with Gasteiger partial charge in [-0.15, -0.1) is 11.3 Å². The third-order valence-corrected chi connectivity index (χ3v) is 8.74. The van der Waals surface area contributed by atoms with Crippen LogP contribution >= 0.6 is 23.6 Å². The average Bonchev–Trinajstić information content (AvgIpc) is 3.44. The molecule has 2 heterocycles. The number of aromatic hydroxyl groups is 1. The molecule has 1 aliphatic heterocycles. The molecule has 2 aliphatic rings. The first-order valence-corrected chi connectivity index (χ1v) is 14.1. The molecule has 0 bridgehead atoms. The maximum Gasteiger partial charge on any atom is 0.169 e. The fourth-order valence-electron chi connectivity index (χ4n) is 5.20. The molecular weight excluding hydrogens is 458 g/mol. The Morgan fingerprint density at radius 3 is 2.09 bits per heavy atom. The Bertz CT molecular complexity index is 982. The van der Waals surface area contributed by atoms with Gasteiger partial charge in [0, 0.05) is 47.1 Å². The highest BCUT2D eigenvalue weighted by molar-refractivity contribution is 7.80. The molecule has 1 saturated carbocycles. The van der Waals surface area contributed by atoms with Crippen LogP contribution in [-0.2, 0) is 10.8 Å². The van der Waals surface area contributed by atoms with E-state index in [1.54, 1.807) is 11.3 Å². The lowest BCUT2D eigenvalue weighted by molar-refractivity contribution is 0.306. The number of nitrogens with one attached hydrogen (secondary N) is 1. The van der Waals surface area contributed by atoms with Crippen LogP contribution in [0.1, 0.15) is 102 Å². The number of piperidine rings is 1. The molecule has 6 heteroatoms. The lowest BCUT2D eigenvalue weighted by Crippen LogP contribution is -2.46. The van der Waals surface area contributed by atoms with E-state index >= 15 is 0 Å². The number of thiazole rings is 1. The van der Waals surface area contributed by atoms with Crippen molar-refractivity contribution in [2.75, 3.05) is 13.1 Å². The molecule has 1 aliphatic carbocycles. The molecule has 1 saturated heterocycles. The summed E-state index contributed by atoms with van der Waals surface area (Å²) in [6.45, 7) is 14.9. The summed E-state index contributed by atoms with van der Waals surface area (Å²) < 4.78 is 0. The van der Waals surface area contributed by atoms with Crippen LogP contribution in [0.5, 0.6) is 5.75 Å². The molecule has 1 aromatic carbocycles. The third-order valence-electron chi connectivity index (χ3n) is 7.36. The first-order chi connectivity index (χ1) is 15.9. The number of nitrogens with zero attached hydrogens (tertiary/aromatic N) is 2. The molecule has 1 aromatic heterocycles. The Labute approximate surface area is 215 Å². The Balaban J connectivity index is 1.49.